The van der Waals surface area contributed by atoms with Crippen molar-refractivity contribution < 1.29 is 27.9 Å². The average molecular weight is 266 g/mol. The zero-order valence-electron chi connectivity index (χ0n) is 8.69. The molecule has 2 atom stereocenters. The summed E-state index contributed by atoms with van der Waals surface area (Å²) >= 11 is 0.925. The quantitative estimate of drug-likeness (QED) is 0.670. The Morgan fingerprint density at radius 3 is 2.35 bits per heavy atom. The molecule has 7 heteroatoms. The first-order valence-electron chi connectivity index (χ1n) is 4.62. The second kappa shape index (κ2) is 4.97. The molecule has 1 heterocycles. The van der Waals surface area contributed by atoms with Crippen molar-refractivity contribution in [2.24, 2.45) is 5.92 Å². The fourth-order valence-electron chi connectivity index (χ4n) is 1.31. The van der Waals surface area contributed by atoms with Crippen LogP contribution < -0.4 is 0 Å². The maximum atomic E-state index is 12.3. The van der Waals surface area contributed by atoms with Crippen LogP contribution in [0.3, 0.4) is 0 Å². The number of hydrogen-bond donors (Lipinski definition) is 1. The lowest BCUT2D eigenvalue weighted by Crippen LogP contribution is -2.41. The van der Waals surface area contributed by atoms with Crippen molar-refractivity contribution in [3.05, 3.63) is 22.4 Å². The summed E-state index contributed by atoms with van der Waals surface area (Å²) in [5, 5.41) is 10.7. The van der Waals surface area contributed by atoms with Crippen LogP contribution in [0.2, 0.25) is 0 Å². The summed E-state index contributed by atoms with van der Waals surface area (Å²) in [7, 11) is 0. The molecule has 0 saturated heterocycles. The van der Waals surface area contributed by atoms with Gasteiger partial charge in [-0.3, -0.25) is 9.59 Å². The van der Waals surface area contributed by atoms with Crippen molar-refractivity contribution in [2.45, 2.75) is 19.2 Å². The summed E-state index contributed by atoms with van der Waals surface area (Å²) in [6, 6.07) is 2.79. The Morgan fingerprint density at radius 2 is 2.00 bits per heavy atom. The molecule has 0 amide bonds. The normalized spacial score (nSPS) is 15.4. The Balaban J connectivity index is 3.03. The topological polar surface area (TPSA) is 54.4 Å². The first-order valence-corrected chi connectivity index (χ1v) is 5.50. The highest BCUT2D eigenvalue weighted by molar-refractivity contribution is 7.12. The minimum Gasteiger partial charge on any atom is -0.392 e. The van der Waals surface area contributed by atoms with E-state index in [0.717, 1.165) is 18.3 Å². The van der Waals surface area contributed by atoms with Gasteiger partial charge in [-0.05, 0) is 18.4 Å². The molecule has 17 heavy (non-hydrogen) atoms. The third kappa shape index (κ3) is 3.13. The van der Waals surface area contributed by atoms with E-state index in [0.29, 0.717) is 0 Å². The zero-order valence-corrected chi connectivity index (χ0v) is 9.51. The maximum Gasteiger partial charge on any atom is 0.450 e. The van der Waals surface area contributed by atoms with Crippen molar-refractivity contribution in [1.82, 2.24) is 0 Å². The van der Waals surface area contributed by atoms with E-state index in [9.17, 15) is 27.9 Å². The van der Waals surface area contributed by atoms with Gasteiger partial charge in [-0.15, -0.1) is 11.3 Å². The Labute approximate surface area is 98.9 Å². The van der Waals surface area contributed by atoms with Crippen LogP contribution in [0.4, 0.5) is 13.2 Å². The second-order valence-corrected chi connectivity index (χ2v) is 4.37. The van der Waals surface area contributed by atoms with Crippen molar-refractivity contribution in [3.8, 4) is 0 Å². The summed E-state index contributed by atoms with van der Waals surface area (Å²) in [5.74, 6) is -5.31. The average Bonchev–Trinajstić information content (AvgIpc) is 2.68. The largest absolute Gasteiger partial charge is 0.450 e. The molecule has 3 nitrogen and oxygen atoms in total. The van der Waals surface area contributed by atoms with Crippen molar-refractivity contribution in [1.29, 1.82) is 0 Å². The lowest BCUT2D eigenvalue weighted by molar-refractivity contribution is -0.176. The molecule has 2 unspecified atom stereocenters. The molecule has 94 valence electrons. The van der Waals surface area contributed by atoms with E-state index in [1.807, 2.05) is 0 Å². The summed E-state index contributed by atoms with van der Waals surface area (Å²) < 4.78 is 36.8. The number of aliphatic hydroxyl groups excluding tert-OH is 1. The van der Waals surface area contributed by atoms with Crippen LogP contribution in [0.15, 0.2) is 17.5 Å². The third-order valence-electron chi connectivity index (χ3n) is 2.09. The van der Waals surface area contributed by atoms with Gasteiger partial charge >= 0.3 is 6.18 Å². The van der Waals surface area contributed by atoms with Crippen molar-refractivity contribution in [2.75, 3.05) is 0 Å². The van der Waals surface area contributed by atoms with Gasteiger partial charge < -0.3 is 5.11 Å². The number of hydrogen-bond acceptors (Lipinski definition) is 4. The molecule has 0 radical (unpaired) electrons. The standard InChI is InChI=1S/C10H9F3O3S/c1-5(14)7(9(16)10(11,12)13)8(15)6-3-2-4-17-6/h2-5,7,14H,1H3. The van der Waals surface area contributed by atoms with Crippen LogP contribution in [-0.2, 0) is 4.79 Å². The fraction of sp³-hybridized carbons (Fsp3) is 0.400. The molecule has 1 aromatic rings. The van der Waals surface area contributed by atoms with E-state index in [2.05, 4.69) is 0 Å². The van der Waals surface area contributed by atoms with Crippen LogP contribution in [0.1, 0.15) is 16.6 Å². The molecule has 1 rings (SSSR count). The molecule has 0 aromatic carbocycles. The van der Waals surface area contributed by atoms with Gasteiger partial charge in [0.15, 0.2) is 5.78 Å². The molecule has 1 N–H and O–H groups in total. The van der Waals surface area contributed by atoms with E-state index in [4.69, 9.17) is 0 Å². The molecule has 0 fully saturated rings. The van der Waals surface area contributed by atoms with Crippen LogP contribution in [0.5, 0.6) is 0 Å². The molecule has 0 aliphatic heterocycles. The summed E-state index contributed by atoms with van der Waals surface area (Å²) in [5.41, 5.74) is 0. The Morgan fingerprint density at radius 1 is 1.41 bits per heavy atom. The molecule has 0 saturated carbocycles. The third-order valence-corrected chi connectivity index (χ3v) is 2.98. The van der Waals surface area contributed by atoms with Crippen molar-refractivity contribution >= 4 is 22.9 Å². The van der Waals surface area contributed by atoms with E-state index < -0.39 is 29.8 Å². The molecule has 1 aromatic heterocycles. The van der Waals surface area contributed by atoms with Crippen LogP contribution in [0, 0.1) is 5.92 Å². The minimum absolute atomic E-state index is 0.0218. The van der Waals surface area contributed by atoms with Gasteiger partial charge in [0.05, 0.1) is 11.0 Å². The van der Waals surface area contributed by atoms with Gasteiger partial charge in [-0.2, -0.15) is 13.2 Å². The van der Waals surface area contributed by atoms with E-state index >= 15 is 0 Å². The van der Waals surface area contributed by atoms with Gasteiger partial charge in [-0.1, -0.05) is 6.07 Å². The number of Topliss-reactive ketones (excluding diaryl/α,β-unsaturated/α-hetero) is 2. The van der Waals surface area contributed by atoms with Crippen molar-refractivity contribution in [3.63, 3.8) is 0 Å². The summed E-state index contributed by atoms with van der Waals surface area (Å²) in [6.07, 6.45) is -6.81. The number of carbonyl (C=O) groups excluding carboxylic acids is 2. The smallest absolute Gasteiger partial charge is 0.392 e. The van der Waals surface area contributed by atoms with Gasteiger partial charge in [-0.25, -0.2) is 0 Å². The fourth-order valence-corrected chi connectivity index (χ4v) is 2.01. The number of halogens is 3. The SMILES string of the molecule is CC(O)C(C(=O)c1cccs1)C(=O)C(F)(F)F. The predicted octanol–water partition coefficient (Wildman–Crippen LogP) is 2.06. The van der Waals surface area contributed by atoms with Crippen LogP contribution in [0.25, 0.3) is 0 Å². The Kier molecular flexibility index (Phi) is 4.05. The number of thiophene rings is 1. The number of alkyl halides is 3. The van der Waals surface area contributed by atoms with E-state index in [1.165, 1.54) is 17.5 Å². The highest BCUT2D eigenvalue weighted by Crippen LogP contribution is 2.26. The van der Waals surface area contributed by atoms with E-state index in [1.54, 1.807) is 0 Å². The number of aliphatic hydroxyl groups is 1. The maximum absolute atomic E-state index is 12.3. The predicted molar refractivity (Wildman–Crippen MR) is 54.9 cm³/mol. The van der Waals surface area contributed by atoms with E-state index in [-0.39, 0.29) is 4.88 Å². The zero-order chi connectivity index (χ0) is 13.2. The number of rotatable bonds is 4. The van der Waals surface area contributed by atoms with Gasteiger partial charge in [0.25, 0.3) is 0 Å². The van der Waals surface area contributed by atoms with Crippen LogP contribution in [-0.4, -0.2) is 29.0 Å². The summed E-state index contributed by atoms with van der Waals surface area (Å²) in [4.78, 5) is 22.7. The lowest BCUT2D eigenvalue weighted by Gasteiger charge is -2.18. The minimum atomic E-state index is -5.13. The Hall–Kier alpha value is -1.21. The molecular formula is C10H9F3O3S. The molecular weight excluding hydrogens is 257 g/mol. The molecule has 0 spiro atoms. The van der Waals surface area contributed by atoms with Gasteiger partial charge in [0.2, 0.25) is 5.78 Å². The first kappa shape index (κ1) is 13.9. The lowest BCUT2D eigenvalue weighted by atomic mass is 9.92. The summed E-state index contributed by atoms with van der Waals surface area (Å²) in [6.45, 7) is 0.986. The molecule has 0 bridgehead atoms. The number of carbonyl (C=O) groups is 2. The molecule has 0 aliphatic rings. The first-order chi connectivity index (χ1) is 7.75. The monoisotopic (exact) mass is 266 g/mol. The Bertz CT molecular complexity index is 409. The highest BCUT2D eigenvalue weighted by Gasteiger charge is 2.48. The van der Waals surface area contributed by atoms with Crippen LogP contribution >= 0.6 is 11.3 Å². The van der Waals surface area contributed by atoms with Gasteiger partial charge in [0, 0.05) is 0 Å². The van der Waals surface area contributed by atoms with Gasteiger partial charge in [0.1, 0.15) is 5.92 Å². The number of ketones is 2. The highest BCUT2D eigenvalue weighted by atomic mass is 32.1. The molecule has 0 aliphatic carbocycles. The second-order valence-electron chi connectivity index (χ2n) is 3.42.